The molecule has 2 N–H and O–H groups in total. The lowest BCUT2D eigenvalue weighted by Crippen LogP contribution is -2.32. The molecule has 3 rings (SSSR count). The topological polar surface area (TPSA) is 62.2 Å². The third-order valence-corrected chi connectivity index (χ3v) is 4.17. The van der Waals surface area contributed by atoms with Gasteiger partial charge in [0.2, 0.25) is 0 Å². The Labute approximate surface area is 124 Å². The number of hydrogen-bond donors (Lipinski definition) is 2. The van der Waals surface area contributed by atoms with E-state index >= 15 is 0 Å². The van der Waals surface area contributed by atoms with Crippen LogP contribution >= 0.6 is 0 Å². The summed E-state index contributed by atoms with van der Waals surface area (Å²) in [4.78, 5) is 16.5. The molecule has 2 aromatic rings. The van der Waals surface area contributed by atoms with Gasteiger partial charge in [-0.2, -0.15) is 0 Å². The SMILES string of the molecule is O=C(NCC1CCCC(O)C1)c1ccc2ncccc2c1. The Morgan fingerprint density at radius 1 is 1.33 bits per heavy atom. The molecule has 2 unspecified atom stereocenters. The molecule has 1 heterocycles. The highest BCUT2D eigenvalue weighted by Crippen LogP contribution is 2.23. The predicted octanol–water partition coefficient (Wildman–Crippen LogP) is 2.52. The first-order chi connectivity index (χ1) is 10.2. The van der Waals surface area contributed by atoms with Crippen LogP contribution in [0.5, 0.6) is 0 Å². The van der Waals surface area contributed by atoms with E-state index in [2.05, 4.69) is 10.3 Å². The number of carbonyl (C=O) groups excluding carboxylic acids is 1. The number of benzene rings is 1. The minimum Gasteiger partial charge on any atom is -0.393 e. The summed E-state index contributed by atoms with van der Waals surface area (Å²) in [5, 5.41) is 13.6. The average Bonchev–Trinajstić information content (AvgIpc) is 2.52. The monoisotopic (exact) mass is 284 g/mol. The molecule has 1 aliphatic rings. The van der Waals surface area contributed by atoms with E-state index in [1.54, 1.807) is 12.3 Å². The minimum atomic E-state index is -0.201. The summed E-state index contributed by atoms with van der Waals surface area (Å²) in [7, 11) is 0. The first-order valence-corrected chi connectivity index (χ1v) is 7.53. The van der Waals surface area contributed by atoms with Crippen LogP contribution in [0.15, 0.2) is 36.5 Å². The van der Waals surface area contributed by atoms with Crippen molar-refractivity contribution in [1.29, 1.82) is 0 Å². The zero-order valence-electron chi connectivity index (χ0n) is 12.0. The number of fused-ring (bicyclic) bond motifs is 1. The van der Waals surface area contributed by atoms with Crippen LogP contribution in [0.1, 0.15) is 36.0 Å². The summed E-state index contributed by atoms with van der Waals surface area (Å²) in [5.41, 5.74) is 1.55. The Hall–Kier alpha value is -1.94. The fourth-order valence-electron chi connectivity index (χ4n) is 3.00. The molecule has 0 aliphatic heterocycles. The minimum absolute atomic E-state index is 0.0548. The predicted molar refractivity (Wildman–Crippen MR) is 82.0 cm³/mol. The molecule has 1 fully saturated rings. The average molecular weight is 284 g/mol. The van der Waals surface area contributed by atoms with Gasteiger partial charge in [-0.3, -0.25) is 9.78 Å². The van der Waals surface area contributed by atoms with Gasteiger partial charge in [-0.15, -0.1) is 0 Å². The number of aliphatic hydroxyl groups excluding tert-OH is 1. The van der Waals surface area contributed by atoms with Crippen molar-refractivity contribution >= 4 is 16.8 Å². The lowest BCUT2D eigenvalue weighted by molar-refractivity contribution is 0.0874. The van der Waals surface area contributed by atoms with E-state index in [9.17, 15) is 9.90 Å². The fourth-order valence-corrected chi connectivity index (χ4v) is 3.00. The van der Waals surface area contributed by atoms with E-state index in [4.69, 9.17) is 0 Å². The van der Waals surface area contributed by atoms with Gasteiger partial charge in [0.05, 0.1) is 11.6 Å². The van der Waals surface area contributed by atoms with Gasteiger partial charge < -0.3 is 10.4 Å². The summed E-state index contributed by atoms with van der Waals surface area (Å²) in [6, 6.07) is 9.37. The lowest BCUT2D eigenvalue weighted by atomic mass is 9.87. The van der Waals surface area contributed by atoms with Crippen molar-refractivity contribution in [2.45, 2.75) is 31.8 Å². The summed E-state index contributed by atoms with van der Waals surface area (Å²) >= 11 is 0. The Balaban J connectivity index is 1.63. The van der Waals surface area contributed by atoms with Gasteiger partial charge in [-0.1, -0.05) is 12.5 Å². The van der Waals surface area contributed by atoms with Gasteiger partial charge >= 0.3 is 0 Å². The Morgan fingerprint density at radius 2 is 2.24 bits per heavy atom. The van der Waals surface area contributed by atoms with Gasteiger partial charge in [0.25, 0.3) is 5.91 Å². The van der Waals surface area contributed by atoms with Crippen molar-refractivity contribution in [2.24, 2.45) is 5.92 Å². The molecule has 4 nitrogen and oxygen atoms in total. The molecule has 0 radical (unpaired) electrons. The second-order valence-corrected chi connectivity index (χ2v) is 5.81. The maximum atomic E-state index is 12.2. The number of aliphatic hydroxyl groups is 1. The summed E-state index contributed by atoms with van der Waals surface area (Å²) in [5.74, 6) is 0.334. The molecular weight excluding hydrogens is 264 g/mol. The van der Waals surface area contributed by atoms with E-state index in [1.807, 2.05) is 24.3 Å². The van der Waals surface area contributed by atoms with Gasteiger partial charge in [-0.25, -0.2) is 0 Å². The Morgan fingerprint density at radius 3 is 3.10 bits per heavy atom. The van der Waals surface area contributed by atoms with E-state index < -0.39 is 0 Å². The smallest absolute Gasteiger partial charge is 0.251 e. The number of nitrogens with zero attached hydrogens (tertiary/aromatic N) is 1. The van der Waals surface area contributed by atoms with Crippen molar-refractivity contribution < 1.29 is 9.90 Å². The lowest BCUT2D eigenvalue weighted by Gasteiger charge is -2.25. The summed E-state index contributed by atoms with van der Waals surface area (Å²) < 4.78 is 0. The van der Waals surface area contributed by atoms with Crippen molar-refractivity contribution in [3.8, 4) is 0 Å². The first kappa shape index (κ1) is 14.0. The fraction of sp³-hybridized carbons (Fsp3) is 0.412. The maximum Gasteiger partial charge on any atom is 0.251 e. The standard InChI is InChI=1S/C17H20N2O2/c20-15-5-1-3-12(9-15)11-19-17(21)14-6-7-16-13(10-14)4-2-8-18-16/h2,4,6-8,10,12,15,20H,1,3,5,9,11H2,(H,19,21). The molecule has 4 heteroatoms. The summed E-state index contributed by atoms with van der Waals surface area (Å²) in [6.07, 6.45) is 5.36. The van der Waals surface area contributed by atoms with E-state index in [1.165, 1.54) is 0 Å². The number of hydrogen-bond acceptors (Lipinski definition) is 3. The Kier molecular flexibility index (Phi) is 4.15. The molecule has 0 bridgehead atoms. The molecule has 110 valence electrons. The highest BCUT2D eigenvalue weighted by atomic mass is 16.3. The van der Waals surface area contributed by atoms with Gasteiger partial charge in [0.15, 0.2) is 0 Å². The number of nitrogens with one attached hydrogen (secondary N) is 1. The van der Waals surface area contributed by atoms with Crippen molar-refractivity contribution in [3.05, 3.63) is 42.1 Å². The number of amides is 1. The molecule has 1 saturated carbocycles. The third-order valence-electron chi connectivity index (χ3n) is 4.17. The van der Waals surface area contributed by atoms with Crippen molar-refractivity contribution in [3.63, 3.8) is 0 Å². The van der Waals surface area contributed by atoms with Crippen LogP contribution in [0.2, 0.25) is 0 Å². The van der Waals surface area contributed by atoms with Gasteiger partial charge in [0, 0.05) is 23.7 Å². The molecular formula is C17H20N2O2. The molecule has 2 atom stereocenters. The van der Waals surface area contributed by atoms with Crippen LogP contribution in [0, 0.1) is 5.92 Å². The number of carbonyl (C=O) groups is 1. The highest BCUT2D eigenvalue weighted by molar-refractivity contribution is 5.97. The van der Waals surface area contributed by atoms with Gasteiger partial charge in [0.1, 0.15) is 0 Å². The van der Waals surface area contributed by atoms with E-state index in [-0.39, 0.29) is 12.0 Å². The first-order valence-electron chi connectivity index (χ1n) is 7.53. The zero-order chi connectivity index (χ0) is 14.7. The quantitative estimate of drug-likeness (QED) is 0.910. The highest BCUT2D eigenvalue weighted by Gasteiger charge is 2.20. The van der Waals surface area contributed by atoms with E-state index in [0.717, 1.165) is 36.6 Å². The second kappa shape index (κ2) is 6.22. The molecule has 21 heavy (non-hydrogen) atoms. The van der Waals surface area contributed by atoms with Crippen molar-refractivity contribution in [2.75, 3.05) is 6.54 Å². The number of rotatable bonds is 3. The third kappa shape index (κ3) is 3.39. The van der Waals surface area contributed by atoms with Crippen molar-refractivity contribution in [1.82, 2.24) is 10.3 Å². The second-order valence-electron chi connectivity index (χ2n) is 5.81. The molecule has 1 amide bonds. The molecule has 1 aliphatic carbocycles. The maximum absolute atomic E-state index is 12.2. The zero-order valence-corrected chi connectivity index (χ0v) is 12.0. The molecule has 1 aromatic heterocycles. The molecule has 0 saturated heterocycles. The van der Waals surface area contributed by atoms with Gasteiger partial charge in [-0.05, 0) is 49.4 Å². The van der Waals surface area contributed by atoms with Crippen LogP contribution in [0.4, 0.5) is 0 Å². The van der Waals surface area contributed by atoms with Crippen LogP contribution < -0.4 is 5.32 Å². The number of pyridine rings is 1. The molecule has 0 spiro atoms. The van der Waals surface area contributed by atoms with Crippen LogP contribution in [0.25, 0.3) is 10.9 Å². The normalized spacial score (nSPS) is 22.1. The summed E-state index contributed by atoms with van der Waals surface area (Å²) in [6.45, 7) is 0.640. The van der Waals surface area contributed by atoms with Crippen LogP contribution in [-0.4, -0.2) is 28.6 Å². The van der Waals surface area contributed by atoms with Crippen LogP contribution in [-0.2, 0) is 0 Å². The molecule has 1 aromatic carbocycles. The van der Waals surface area contributed by atoms with Crippen LogP contribution in [0.3, 0.4) is 0 Å². The largest absolute Gasteiger partial charge is 0.393 e. The number of aromatic nitrogens is 1. The Bertz CT molecular complexity index is 641. The van der Waals surface area contributed by atoms with E-state index in [0.29, 0.717) is 18.0 Å².